The van der Waals surface area contributed by atoms with Gasteiger partial charge in [0.25, 0.3) is 0 Å². The Morgan fingerprint density at radius 1 is 0.667 bits per heavy atom. The summed E-state index contributed by atoms with van der Waals surface area (Å²) in [6.45, 7) is -0.0741. The van der Waals surface area contributed by atoms with E-state index in [4.69, 9.17) is 0 Å². The van der Waals surface area contributed by atoms with Gasteiger partial charge in [-0.3, -0.25) is 29.0 Å². The number of nitrogens with zero attached hydrogens (tertiary/aromatic N) is 2. The molecule has 2 saturated heterocycles. The molecule has 4 amide bonds. The van der Waals surface area contributed by atoms with Crippen LogP contribution in [0.3, 0.4) is 0 Å². The van der Waals surface area contributed by atoms with E-state index in [1.54, 1.807) is 12.2 Å². The highest BCUT2D eigenvalue weighted by molar-refractivity contribution is 6.10. The minimum absolute atomic E-state index is 0.0370. The van der Waals surface area contributed by atoms with Gasteiger partial charge in [-0.25, -0.2) is 0 Å². The number of likely N-dealkylation sites (tertiary alicyclic amines) is 2. The molecule has 0 unspecified atom stereocenters. The lowest BCUT2D eigenvalue weighted by molar-refractivity contribution is -0.307. The maximum absolute atomic E-state index is 12.9. The molecule has 160 valence electrons. The number of rotatable bonds is 8. The number of carboxylic acids is 2. The molecule has 10 heteroatoms. The Labute approximate surface area is 171 Å². The Morgan fingerprint density at radius 3 is 1.23 bits per heavy atom. The van der Waals surface area contributed by atoms with Crippen LogP contribution in [0.1, 0.15) is 25.7 Å². The number of imide groups is 2. The fourth-order valence-corrected chi connectivity index (χ4v) is 5.55. The minimum atomic E-state index is -1.27. The van der Waals surface area contributed by atoms with Crippen molar-refractivity contribution in [1.82, 2.24) is 9.80 Å². The van der Waals surface area contributed by atoms with Gasteiger partial charge in [0.1, 0.15) is 0 Å². The molecule has 0 N–H and O–H groups in total. The number of hydrogen-bond acceptors (Lipinski definition) is 8. The molecule has 0 aromatic carbocycles. The SMILES string of the molecule is O=C([O-])CCCN1C(=O)[C@@H]2C3C=CC([C@H]2C1=O)[C@H]1C(=O)N(CCCC(=O)[O-])C(=O)[C@H]31. The quantitative estimate of drug-likeness (QED) is 0.301. The van der Waals surface area contributed by atoms with Crippen LogP contribution in [0.2, 0.25) is 0 Å². The maximum Gasteiger partial charge on any atom is 0.233 e. The molecule has 2 aliphatic heterocycles. The third-order valence-corrected chi connectivity index (χ3v) is 6.72. The van der Waals surface area contributed by atoms with Crippen LogP contribution in [-0.4, -0.2) is 58.5 Å². The first kappa shape index (κ1) is 20.2. The van der Waals surface area contributed by atoms with Crippen LogP contribution in [0, 0.1) is 35.5 Å². The molecule has 2 heterocycles. The van der Waals surface area contributed by atoms with E-state index in [0.29, 0.717) is 0 Å². The van der Waals surface area contributed by atoms with E-state index in [9.17, 15) is 39.0 Å². The van der Waals surface area contributed by atoms with Gasteiger partial charge < -0.3 is 19.8 Å². The molecule has 4 atom stereocenters. The molecular weight excluding hydrogens is 396 g/mol. The Balaban J connectivity index is 1.55. The van der Waals surface area contributed by atoms with Crippen molar-refractivity contribution in [3.8, 4) is 0 Å². The third-order valence-electron chi connectivity index (χ3n) is 6.72. The van der Waals surface area contributed by atoms with E-state index < -0.39 is 71.1 Å². The fourth-order valence-electron chi connectivity index (χ4n) is 5.55. The monoisotopic (exact) mass is 416 g/mol. The zero-order valence-electron chi connectivity index (χ0n) is 16.0. The first-order chi connectivity index (χ1) is 14.2. The Kier molecular flexibility index (Phi) is 4.95. The minimum Gasteiger partial charge on any atom is -0.550 e. The van der Waals surface area contributed by atoms with Crippen molar-refractivity contribution in [3.63, 3.8) is 0 Å². The molecule has 0 radical (unpaired) electrons. The van der Waals surface area contributed by atoms with E-state index in [2.05, 4.69) is 0 Å². The highest BCUT2D eigenvalue weighted by atomic mass is 16.4. The molecule has 0 aromatic rings. The lowest BCUT2D eigenvalue weighted by Gasteiger charge is -2.44. The zero-order chi connectivity index (χ0) is 21.7. The van der Waals surface area contributed by atoms with E-state index in [0.717, 1.165) is 9.80 Å². The largest absolute Gasteiger partial charge is 0.550 e. The van der Waals surface area contributed by atoms with Crippen molar-refractivity contribution >= 4 is 35.6 Å². The number of hydrogen-bond donors (Lipinski definition) is 0. The van der Waals surface area contributed by atoms with Gasteiger partial charge in [-0.15, -0.1) is 0 Å². The summed E-state index contributed by atoms with van der Waals surface area (Å²) in [5.74, 6) is -8.40. The van der Waals surface area contributed by atoms with E-state index in [-0.39, 0.29) is 38.8 Å². The van der Waals surface area contributed by atoms with Crippen LogP contribution in [0.25, 0.3) is 0 Å². The van der Waals surface area contributed by atoms with Crippen molar-refractivity contribution in [2.45, 2.75) is 25.7 Å². The number of allylic oxidation sites excluding steroid dienone is 2. The molecule has 5 aliphatic rings. The normalized spacial score (nSPS) is 34.0. The third kappa shape index (κ3) is 2.93. The average Bonchev–Trinajstić information content (AvgIpc) is 3.10. The predicted octanol–water partition coefficient (Wildman–Crippen LogP) is -2.94. The summed E-state index contributed by atoms with van der Waals surface area (Å²) < 4.78 is 0. The molecular formula is C20H20N2O8-2. The topological polar surface area (TPSA) is 155 Å². The summed E-state index contributed by atoms with van der Waals surface area (Å²) in [6.07, 6.45) is 3.08. The van der Waals surface area contributed by atoms with Crippen molar-refractivity contribution in [2.75, 3.05) is 13.1 Å². The summed E-state index contributed by atoms with van der Waals surface area (Å²) in [5.41, 5.74) is 0. The van der Waals surface area contributed by atoms with Crippen LogP contribution < -0.4 is 10.2 Å². The molecule has 1 saturated carbocycles. The lowest BCUT2D eigenvalue weighted by atomic mass is 9.54. The van der Waals surface area contributed by atoms with Crippen molar-refractivity contribution in [1.29, 1.82) is 0 Å². The van der Waals surface area contributed by atoms with Crippen molar-refractivity contribution < 1.29 is 39.0 Å². The highest BCUT2D eigenvalue weighted by Crippen LogP contribution is 2.57. The van der Waals surface area contributed by atoms with Crippen LogP contribution in [-0.2, 0) is 28.8 Å². The molecule has 3 aliphatic carbocycles. The summed E-state index contributed by atoms with van der Waals surface area (Å²) in [4.78, 5) is 75.1. The van der Waals surface area contributed by atoms with Crippen molar-refractivity contribution in [2.24, 2.45) is 35.5 Å². The van der Waals surface area contributed by atoms with Crippen LogP contribution in [0.15, 0.2) is 12.2 Å². The number of carboxylic acid groups (broad SMARTS) is 2. The molecule has 0 aromatic heterocycles. The number of amides is 4. The standard InChI is InChI=1S/C20H22N2O8/c23-11(24)3-1-7-21-17(27)13-9-5-6-10(14(13)18(21)28)16-15(9)19(29)22(20(16)30)8-2-4-12(25)26/h5-6,9-10,13-16H,1-4,7-8H2,(H,23,24)(H,25,26)/p-2/t9?,10?,13-,14-,15-,16-/m1/s1. The van der Waals surface area contributed by atoms with Crippen LogP contribution >= 0.6 is 0 Å². The van der Waals surface area contributed by atoms with Gasteiger partial charge in [0, 0.05) is 36.9 Å². The second-order valence-electron chi connectivity index (χ2n) is 8.25. The van der Waals surface area contributed by atoms with Crippen LogP contribution in [0.5, 0.6) is 0 Å². The van der Waals surface area contributed by atoms with Gasteiger partial charge in [-0.05, 0) is 25.7 Å². The Morgan fingerprint density at radius 2 is 0.967 bits per heavy atom. The van der Waals surface area contributed by atoms with E-state index in [1.807, 2.05) is 0 Å². The van der Waals surface area contributed by atoms with Crippen molar-refractivity contribution in [3.05, 3.63) is 12.2 Å². The van der Waals surface area contributed by atoms with Crippen LogP contribution in [0.4, 0.5) is 0 Å². The molecule has 2 bridgehead atoms. The predicted molar refractivity (Wildman–Crippen MR) is 92.0 cm³/mol. The second-order valence-corrected chi connectivity index (χ2v) is 8.25. The first-order valence-corrected chi connectivity index (χ1v) is 10.0. The van der Waals surface area contributed by atoms with Gasteiger partial charge >= 0.3 is 0 Å². The first-order valence-electron chi connectivity index (χ1n) is 10.0. The fraction of sp³-hybridized carbons (Fsp3) is 0.600. The number of aliphatic carboxylic acids is 2. The highest BCUT2D eigenvalue weighted by Gasteiger charge is 2.68. The molecule has 10 nitrogen and oxygen atoms in total. The summed E-state index contributed by atoms with van der Waals surface area (Å²) >= 11 is 0. The lowest BCUT2D eigenvalue weighted by Crippen LogP contribution is -2.50. The van der Waals surface area contributed by atoms with Gasteiger partial charge in [-0.2, -0.15) is 0 Å². The summed E-state index contributed by atoms with van der Waals surface area (Å²) in [7, 11) is 0. The maximum atomic E-state index is 12.9. The summed E-state index contributed by atoms with van der Waals surface area (Å²) in [6, 6.07) is 0. The molecule has 0 spiro atoms. The summed E-state index contributed by atoms with van der Waals surface area (Å²) in [5, 5.41) is 21.2. The van der Waals surface area contributed by atoms with Gasteiger partial charge in [0.2, 0.25) is 23.6 Å². The van der Waals surface area contributed by atoms with E-state index >= 15 is 0 Å². The van der Waals surface area contributed by atoms with Gasteiger partial charge in [-0.1, -0.05) is 12.2 Å². The molecule has 5 rings (SSSR count). The Bertz CT molecular complexity index is 766. The smallest absolute Gasteiger partial charge is 0.233 e. The van der Waals surface area contributed by atoms with Gasteiger partial charge in [0.15, 0.2) is 0 Å². The zero-order valence-corrected chi connectivity index (χ0v) is 16.0. The molecule has 3 fully saturated rings. The molecule has 30 heavy (non-hydrogen) atoms. The second kappa shape index (κ2) is 7.33. The average molecular weight is 416 g/mol. The van der Waals surface area contributed by atoms with Gasteiger partial charge in [0.05, 0.1) is 23.7 Å². The number of carbonyl (C=O) groups excluding carboxylic acids is 6. The number of carbonyl (C=O) groups is 6. The van der Waals surface area contributed by atoms with E-state index in [1.165, 1.54) is 0 Å². The Hall–Kier alpha value is -3.04.